The number of aryl methyl sites for hydroxylation is 2. The van der Waals surface area contributed by atoms with Crippen molar-refractivity contribution in [3.63, 3.8) is 0 Å². The molecule has 0 atom stereocenters. The number of hydrogen-bond acceptors (Lipinski definition) is 3. The molecule has 0 fully saturated rings. The van der Waals surface area contributed by atoms with E-state index in [9.17, 15) is 9.59 Å². The van der Waals surface area contributed by atoms with Crippen LogP contribution < -0.4 is 11.0 Å². The second kappa shape index (κ2) is 6.54. The van der Waals surface area contributed by atoms with Crippen LogP contribution in [-0.2, 0) is 13.6 Å². The average Bonchev–Trinajstić information content (AvgIpc) is 2.95. The Hall–Kier alpha value is -3.15. The van der Waals surface area contributed by atoms with E-state index in [1.54, 1.807) is 25.5 Å². The minimum atomic E-state index is -0.522. The van der Waals surface area contributed by atoms with Crippen molar-refractivity contribution in [2.75, 3.05) is 0 Å². The highest BCUT2D eigenvalue weighted by atomic mass is 16.2. The molecule has 0 aliphatic rings. The number of nitrogens with one attached hydrogen (secondary N) is 1. The monoisotopic (exact) mass is 322 g/mol. The summed E-state index contributed by atoms with van der Waals surface area (Å²) >= 11 is 0. The molecule has 0 aliphatic carbocycles. The van der Waals surface area contributed by atoms with Crippen LogP contribution in [0.3, 0.4) is 0 Å². The Balaban J connectivity index is 1.83. The van der Waals surface area contributed by atoms with E-state index >= 15 is 0 Å². The van der Waals surface area contributed by atoms with Crippen LogP contribution in [0.4, 0.5) is 0 Å². The van der Waals surface area contributed by atoms with Gasteiger partial charge in [-0.05, 0) is 25.1 Å². The number of pyridine rings is 1. The van der Waals surface area contributed by atoms with E-state index in [4.69, 9.17) is 0 Å². The molecular weight excluding hydrogens is 304 g/mol. The number of para-hydroxylation sites is 1. The number of rotatable bonds is 4. The van der Waals surface area contributed by atoms with Crippen LogP contribution in [0.15, 0.2) is 58.7 Å². The van der Waals surface area contributed by atoms with Gasteiger partial charge >= 0.3 is 0 Å². The number of hydrogen-bond donors (Lipinski definition) is 1. The van der Waals surface area contributed by atoms with Crippen LogP contribution in [0, 0.1) is 0 Å². The molecule has 1 aromatic carbocycles. The molecule has 0 saturated heterocycles. The van der Waals surface area contributed by atoms with E-state index < -0.39 is 5.91 Å². The Kier molecular flexibility index (Phi) is 4.29. The zero-order valence-electron chi connectivity index (χ0n) is 13.6. The molecule has 1 N–H and O–H groups in total. The van der Waals surface area contributed by atoms with Crippen LogP contribution in [0.25, 0.3) is 10.9 Å². The molecule has 0 bridgehead atoms. The van der Waals surface area contributed by atoms with Gasteiger partial charge in [0.15, 0.2) is 0 Å². The quantitative estimate of drug-likeness (QED) is 0.590. The lowest BCUT2D eigenvalue weighted by molar-refractivity contribution is 0.0953. The van der Waals surface area contributed by atoms with Gasteiger partial charge in [-0.25, -0.2) is 5.43 Å². The molecule has 2 heterocycles. The summed E-state index contributed by atoms with van der Waals surface area (Å²) in [6, 6.07) is 11.1. The molecule has 6 nitrogen and oxygen atoms in total. The Morgan fingerprint density at radius 1 is 1.25 bits per heavy atom. The largest absolute Gasteiger partial charge is 0.347 e. The summed E-state index contributed by atoms with van der Waals surface area (Å²) in [4.78, 5) is 24.0. The Bertz CT molecular complexity index is 982. The molecule has 3 aromatic rings. The zero-order chi connectivity index (χ0) is 17.1. The highest BCUT2D eigenvalue weighted by Crippen LogP contribution is 2.19. The number of benzene rings is 1. The minimum Gasteiger partial charge on any atom is -0.347 e. The fourth-order valence-corrected chi connectivity index (χ4v) is 2.63. The maximum Gasteiger partial charge on any atom is 0.276 e. The Morgan fingerprint density at radius 3 is 2.83 bits per heavy atom. The van der Waals surface area contributed by atoms with Crippen molar-refractivity contribution >= 4 is 23.0 Å². The van der Waals surface area contributed by atoms with Crippen LogP contribution in [0.1, 0.15) is 22.8 Å². The topological polar surface area (TPSA) is 68.4 Å². The SMILES string of the molecule is CCn1cc(/C=N\NC(=O)c2cccn(C)c2=O)c2ccccc21. The zero-order valence-corrected chi connectivity index (χ0v) is 13.6. The van der Waals surface area contributed by atoms with Gasteiger partial charge in [-0.2, -0.15) is 5.10 Å². The van der Waals surface area contributed by atoms with Gasteiger partial charge in [-0.1, -0.05) is 18.2 Å². The smallest absolute Gasteiger partial charge is 0.276 e. The van der Waals surface area contributed by atoms with Crippen molar-refractivity contribution < 1.29 is 4.79 Å². The number of carbonyl (C=O) groups excluding carboxylic acids is 1. The van der Waals surface area contributed by atoms with E-state index in [2.05, 4.69) is 22.0 Å². The molecular formula is C18H18N4O2. The summed E-state index contributed by atoms with van der Waals surface area (Å²) in [5.41, 5.74) is 4.15. The van der Waals surface area contributed by atoms with E-state index in [0.717, 1.165) is 23.0 Å². The number of amides is 1. The van der Waals surface area contributed by atoms with Crippen molar-refractivity contribution in [1.82, 2.24) is 14.6 Å². The van der Waals surface area contributed by atoms with E-state index in [-0.39, 0.29) is 11.1 Å². The number of hydrazone groups is 1. The van der Waals surface area contributed by atoms with Gasteiger partial charge in [0.1, 0.15) is 5.56 Å². The number of aromatic nitrogens is 2. The number of fused-ring (bicyclic) bond motifs is 1. The van der Waals surface area contributed by atoms with E-state index in [0.29, 0.717) is 0 Å². The lowest BCUT2D eigenvalue weighted by Gasteiger charge is -2.01. The summed E-state index contributed by atoms with van der Waals surface area (Å²) < 4.78 is 3.47. The Morgan fingerprint density at radius 2 is 2.04 bits per heavy atom. The van der Waals surface area contributed by atoms with Crippen LogP contribution >= 0.6 is 0 Å². The van der Waals surface area contributed by atoms with Crippen molar-refractivity contribution in [2.24, 2.45) is 12.1 Å². The fourth-order valence-electron chi connectivity index (χ4n) is 2.63. The van der Waals surface area contributed by atoms with E-state index in [1.165, 1.54) is 10.6 Å². The molecule has 6 heteroatoms. The summed E-state index contributed by atoms with van der Waals surface area (Å²) in [5, 5.41) is 5.06. The molecule has 2 aromatic heterocycles. The van der Waals surface area contributed by atoms with Crippen LogP contribution in [-0.4, -0.2) is 21.3 Å². The molecule has 0 radical (unpaired) electrons. The van der Waals surface area contributed by atoms with Crippen LogP contribution in [0.5, 0.6) is 0 Å². The summed E-state index contributed by atoms with van der Waals surface area (Å²) in [6.07, 6.45) is 5.18. The third-order valence-electron chi connectivity index (χ3n) is 3.90. The van der Waals surface area contributed by atoms with Crippen molar-refractivity contribution in [2.45, 2.75) is 13.5 Å². The molecule has 0 saturated carbocycles. The van der Waals surface area contributed by atoms with Gasteiger partial charge in [0.25, 0.3) is 11.5 Å². The molecule has 3 rings (SSSR count). The highest BCUT2D eigenvalue weighted by Gasteiger charge is 2.10. The molecule has 1 amide bonds. The molecule has 122 valence electrons. The minimum absolute atomic E-state index is 0.0631. The third-order valence-corrected chi connectivity index (χ3v) is 3.90. The lowest BCUT2D eigenvalue weighted by Crippen LogP contribution is -2.29. The summed E-state index contributed by atoms with van der Waals surface area (Å²) in [5.74, 6) is -0.522. The maximum atomic E-state index is 12.1. The first kappa shape index (κ1) is 15.7. The summed E-state index contributed by atoms with van der Waals surface area (Å²) in [6.45, 7) is 2.92. The first-order valence-corrected chi connectivity index (χ1v) is 7.68. The maximum absolute atomic E-state index is 12.1. The van der Waals surface area contributed by atoms with Gasteiger partial charge in [0, 0.05) is 42.5 Å². The highest BCUT2D eigenvalue weighted by molar-refractivity contribution is 6.00. The standard InChI is InChI=1S/C18H18N4O2/c1-3-22-12-13(14-7-4-5-9-16(14)22)11-19-20-17(23)15-8-6-10-21(2)18(15)24/h4-12H,3H2,1-2H3,(H,20,23)/b19-11-. The fraction of sp³-hybridized carbons (Fsp3) is 0.167. The molecule has 0 spiro atoms. The normalized spacial score (nSPS) is 11.2. The molecule has 24 heavy (non-hydrogen) atoms. The first-order valence-electron chi connectivity index (χ1n) is 7.68. The van der Waals surface area contributed by atoms with Gasteiger partial charge in [0.2, 0.25) is 0 Å². The molecule has 0 aliphatic heterocycles. The van der Waals surface area contributed by atoms with Crippen molar-refractivity contribution in [3.05, 3.63) is 70.3 Å². The number of carbonyl (C=O) groups is 1. The second-order valence-corrected chi connectivity index (χ2v) is 5.42. The van der Waals surface area contributed by atoms with Crippen LogP contribution in [0.2, 0.25) is 0 Å². The summed E-state index contributed by atoms with van der Waals surface area (Å²) in [7, 11) is 1.60. The predicted octanol–water partition coefficient (Wildman–Crippen LogP) is 2.12. The van der Waals surface area contributed by atoms with Gasteiger partial charge in [-0.3, -0.25) is 9.59 Å². The lowest BCUT2D eigenvalue weighted by atomic mass is 10.2. The predicted molar refractivity (Wildman–Crippen MR) is 94.4 cm³/mol. The van der Waals surface area contributed by atoms with Crippen molar-refractivity contribution in [3.8, 4) is 0 Å². The molecule has 0 unspecified atom stereocenters. The average molecular weight is 322 g/mol. The number of nitrogens with zero attached hydrogens (tertiary/aromatic N) is 3. The second-order valence-electron chi connectivity index (χ2n) is 5.42. The van der Waals surface area contributed by atoms with E-state index in [1.807, 2.05) is 30.5 Å². The van der Waals surface area contributed by atoms with Crippen molar-refractivity contribution in [1.29, 1.82) is 0 Å². The first-order chi connectivity index (χ1) is 11.6. The van der Waals surface area contributed by atoms with Gasteiger partial charge in [0.05, 0.1) is 6.21 Å². The Labute approximate surface area is 139 Å². The third kappa shape index (κ3) is 2.86. The van der Waals surface area contributed by atoms with Gasteiger partial charge in [-0.15, -0.1) is 0 Å². The van der Waals surface area contributed by atoms with Gasteiger partial charge < -0.3 is 9.13 Å².